The van der Waals surface area contributed by atoms with Crippen molar-refractivity contribution in [2.24, 2.45) is 11.8 Å². The van der Waals surface area contributed by atoms with Crippen LogP contribution in [0.4, 0.5) is 0 Å². The molecular formula is C10H21N. The van der Waals surface area contributed by atoms with Gasteiger partial charge in [0.25, 0.3) is 0 Å². The van der Waals surface area contributed by atoms with E-state index in [0.717, 1.165) is 11.8 Å². The summed E-state index contributed by atoms with van der Waals surface area (Å²) in [6, 6.07) is 0. The minimum atomic E-state index is 0.873. The van der Waals surface area contributed by atoms with Gasteiger partial charge >= 0.3 is 0 Å². The number of hydrogen-bond donors (Lipinski definition) is 1. The lowest BCUT2D eigenvalue weighted by atomic mass is 10.1. The Morgan fingerprint density at radius 1 is 1.36 bits per heavy atom. The first-order valence-electron chi connectivity index (χ1n) is 4.99. The van der Waals surface area contributed by atoms with Crippen molar-refractivity contribution in [1.29, 1.82) is 0 Å². The highest BCUT2D eigenvalue weighted by atomic mass is 14.9. The van der Waals surface area contributed by atoms with E-state index < -0.39 is 0 Å². The normalized spacial score (nSPS) is 17.7. The van der Waals surface area contributed by atoms with Crippen molar-refractivity contribution < 1.29 is 0 Å². The molecule has 1 rings (SSSR count). The maximum atomic E-state index is 3.50. The number of rotatable bonds is 6. The zero-order valence-corrected chi connectivity index (χ0v) is 7.90. The number of nitrogens with one attached hydrogen (secondary N) is 1. The Bertz CT molecular complexity index is 91.0. The lowest BCUT2D eigenvalue weighted by Gasteiger charge is -2.05. The van der Waals surface area contributed by atoms with Crippen LogP contribution in [-0.2, 0) is 0 Å². The monoisotopic (exact) mass is 155 g/mol. The Morgan fingerprint density at radius 3 is 2.64 bits per heavy atom. The van der Waals surface area contributed by atoms with Crippen LogP contribution < -0.4 is 5.32 Å². The van der Waals surface area contributed by atoms with Gasteiger partial charge < -0.3 is 5.32 Å². The molecule has 0 radical (unpaired) electrons. The molecule has 1 nitrogen and oxygen atoms in total. The van der Waals surface area contributed by atoms with Crippen LogP contribution in [0.5, 0.6) is 0 Å². The molecule has 0 aromatic carbocycles. The summed E-state index contributed by atoms with van der Waals surface area (Å²) in [5, 5.41) is 3.50. The third-order valence-electron chi connectivity index (χ3n) is 2.26. The van der Waals surface area contributed by atoms with Crippen molar-refractivity contribution >= 4 is 0 Å². The molecule has 1 aliphatic rings. The zero-order chi connectivity index (χ0) is 8.10. The van der Waals surface area contributed by atoms with E-state index in [0.29, 0.717) is 0 Å². The van der Waals surface area contributed by atoms with Crippen LogP contribution in [0.1, 0.15) is 39.5 Å². The van der Waals surface area contributed by atoms with Gasteiger partial charge in [0, 0.05) is 0 Å². The number of hydrogen-bond acceptors (Lipinski definition) is 1. The van der Waals surface area contributed by atoms with Gasteiger partial charge in [-0.25, -0.2) is 0 Å². The van der Waals surface area contributed by atoms with E-state index >= 15 is 0 Å². The molecule has 0 unspecified atom stereocenters. The summed E-state index contributed by atoms with van der Waals surface area (Å²) >= 11 is 0. The average Bonchev–Trinajstić information content (AvgIpc) is 2.70. The molecule has 1 heteroatoms. The molecule has 0 aromatic rings. The van der Waals surface area contributed by atoms with E-state index in [9.17, 15) is 0 Å². The topological polar surface area (TPSA) is 12.0 Å². The smallest absolute Gasteiger partial charge is 0.00205 e. The molecule has 0 heterocycles. The van der Waals surface area contributed by atoms with Gasteiger partial charge in [-0.05, 0) is 50.6 Å². The second-order valence-corrected chi connectivity index (χ2v) is 4.18. The highest BCUT2D eigenvalue weighted by Gasteiger charge is 2.19. The molecule has 11 heavy (non-hydrogen) atoms. The molecule has 0 atom stereocenters. The minimum Gasteiger partial charge on any atom is -0.316 e. The first-order valence-corrected chi connectivity index (χ1v) is 4.99. The molecule has 0 aliphatic heterocycles. The SMILES string of the molecule is CC(C)CCCNCC1CC1. The fourth-order valence-electron chi connectivity index (χ4n) is 1.26. The quantitative estimate of drug-likeness (QED) is 0.581. The average molecular weight is 155 g/mol. The van der Waals surface area contributed by atoms with Gasteiger partial charge in [0.05, 0.1) is 0 Å². The standard InChI is InChI=1S/C10H21N/c1-9(2)4-3-7-11-8-10-5-6-10/h9-11H,3-8H2,1-2H3. The molecule has 1 N–H and O–H groups in total. The zero-order valence-electron chi connectivity index (χ0n) is 7.90. The fraction of sp³-hybridized carbons (Fsp3) is 1.00. The molecule has 0 aromatic heterocycles. The Hall–Kier alpha value is -0.0400. The van der Waals surface area contributed by atoms with Crippen molar-refractivity contribution in [3.63, 3.8) is 0 Å². The van der Waals surface area contributed by atoms with Crippen LogP contribution in [-0.4, -0.2) is 13.1 Å². The second kappa shape index (κ2) is 4.76. The van der Waals surface area contributed by atoms with Gasteiger partial charge in [-0.3, -0.25) is 0 Å². The molecule has 0 bridgehead atoms. The van der Waals surface area contributed by atoms with Gasteiger partial charge in [-0.15, -0.1) is 0 Å². The van der Waals surface area contributed by atoms with Crippen LogP contribution in [0.2, 0.25) is 0 Å². The summed E-state index contributed by atoms with van der Waals surface area (Å²) in [5.74, 6) is 1.91. The van der Waals surface area contributed by atoms with Gasteiger partial charge in [-0.2, -0.15) is 0 Å². The highest BCUT2D eigenvalue weighted by molar-refractivity contribution is 4.74. The summed E-state index contributed by atoms with van der Waals surface area (Å²) in [6.07, 6.45) is 5.66. The Labute approximate surface area is 70.6 Å². The Balaban J connectivity index is 1.73. The molecular weight excluding hydrogens is 134 g/mol. The van der Waals surface area contributed by atoms with E-state index in [1.165, 1.54) is 38.8 Å². The lowest BCUT2D eigenvalue weighted by Crippen LogP contribution is -2.18. The fourth-order valence-corrected chi connectivity index (χ4v) is 1.26. The van der Waals surface area contributed by atoms with E-state index in [4.69, 9.17) is 0 Å². The largest absolute Gasteiger partial charge is 0.316 e. The third-order valence-corrected chi connectivity index (χ3v) is 2.26. The Morgan fingerprint density at radius 2 is 2.09 bits per heavy atom. The summed E-state index contributed by atoms with van der Waals surface area (Å²) in [6.45, 7) is 7.09. The molecule has 0 spiro atoms. The first-order chi connectivity index (χ1) is 5.29. The van der Waals surface area contributed by atoms with E-state index in [-0.39, 0.29) is 0 Å². The summed E-state index contributed by atoms with van der Waals surface area (Å²) in [4.78, 5) is 0. The third kappa shape index (κ3) is 5.25. The maximum Gasteiger partial charge on any atom is -0.00205 e. The molecule has 0 saturated heterocycles. The van der Waals surface area contributed by atoms with Gasteiger partial charge in [0.15, 0.2) is 0 Å². The van der Waals surface area contributed by atoms with Crippen molar-refractivity contribution in [2.75, 3.05) is 13.1 Å². The molecule has 1 aliphatic carbocycles. The van der Waals surface area contributed by atoms with Crippen molar-refractivity contribution in [3.8, 4) is 0 Å². The summed E-state index contributed by atoms with van der Waals surface area (Å²) in [7, 11) is 0. The minimum absolute atomic E-state index is 0.873. The van der Waals surface area contributed by atoms with E-state index in [1.54, 1.807) is 0 Å². The van der Waals surface area contributed by atoms with Gasteiger partial charge in [0.2, 0.25) is 0 Å². The molecule has 66 valence electrons. The molecule has 1 fully saturated rings. The van der Waals surface area contributed by atoms with Crippen LogP contribution in [0.3, 0.4) is 0 Å². The Kier molecular flexibility index (Phi) is 3.92. The second-order valence-electron chi connectivity index (χ2n) is 4.18. The van der Waals surface area contributed by atoms with Crippen molar-refractivity contribution in [3.05, 3.63) is 0 Å². The van der Waals surface area contributed by atoms with Crippen LogP contribution in [0.15, 0.2) is 0 Å². The summed E-state index contributed by atoms with van der Waals surface area (Å²) < 4.78 is 0. The predicted octanol–water partition coefficient (Wildman–Crippen LogP) is 2.42. The lowest BCUT2D eigenvalue weighted by molar-refractivity contribution is 0.521. The van der Waals surface area contributed by atoms with E-state index in [1.807, 2.05) is 0 Å². The molecule has 1 saturated carbocycles. The van der Waals surface area contributed by atoms with Gasteiger partial charge in [-0.1, -0.05) is 13.8 Å². The first kappa shape index (κ1) is 9.05. The van der Waals surface area contributed by atoms with Crippen LogP contribution in [0, 0.1) is 11.8 Å². The van der Waals surface area contributed by atoms with Crippen molar-refractivity contribution in [2.45, 2.75) is 39.5 Å². The summed E-state index contributed by atoms with van der Waals surface area (Å²) in [5.41, 5.74) is 0. The van der Waals surface area contributed by atoms with Gasteiger partial charge in [0.1, 0.15) is 0 Å². The highest BCUT2D eigenvalue weighted by Crippen LogP contribution is 2.27. The van der Waals surface area contributed by atoms with Crippen LogP contribution in [0.25, 0.3) is 0 Å². The van der Waals surface area contributed by atoms with E-state index in [2.05, 4.69) is 19.2 Å². The van der Waals surface area contributed by atoms with Crippen molar-refractivity contribution in [1.82, 2.24) is 5.32 Å². The van der Waals surface area contributed by atoms with Crippen LogP contribution >= 0.6 is 0 Å². The predicted molar refractivity (Wildman–Crippen MR) is 49.7 cm³/mol. The maximum absolute atomic E-state index is 3.50. The molecule has 0 amide bonds.